The Morgan fingerprint density at radius 3 is 2.25 bits per heavy atom. The molecule has 0 bridgehead atoms. The van der Waals surface area contributed by atoms with Crippen LogP contribution in [0.3, 0.4) is 0 Å². The van der Waals surface area contributed by atoms with Crippen LogP contribution in [0.25, 0.3) is 0 Å². The van der Waals surface area contributed by atoms with Crippen molar-refractivity contribution in [1.82, 2.24) is 0 Å². The highest BCUT2D eigenvalue weighted by Crippen LogP contribution is 2.36. The molecular weight excluding hydrogens is 204 g/mol. The quantitative estimate of drug-likeness (QED) is 0.782. The van der Waals surface area contributed by atoms with Crippen LogP contribution in [0.1, 0.15) is 43.6 Å². The smallest absolute Gasteiger partial charge is 0.163 e. The normalized spacial score (nSPS) is 11.3. The Balaban J connectivity index is 3.44. The zero-order chi connectivity index (χ0) is 12.5. The van der Waals surface area contributed by atoms with Crippen molar-refractivity contribution < 1.29 is 14.6 Å². The van der Waals surface area contributed by atoms with Crippen LogP contribution in [-0.2, 0) is 5.41 Å². The van der Waals surface area contributed by atoms with Crippen LogP contribution in [0.4, 0.5) is 0 Å². The highest BCUT2D eigenvalue weighted by molar-refractivity contribution is 5.97. The van der Waals surface area contributed by atoms with Crippen LogP contribution in [0, 0.1) is 0 Å². The van der Waals surface area contributed by atoms with Gasteiger partial charge >= 0.3 is 0 Å². The van der Waals surface area contributed by atoms with Gasteiger partial charge < -0.3 is 9.84 Å². The molecule has 0 aliphatic rings. The second kappa shape index (κ2) is 4.16. The molecule has 1 aromatic rings. The zero-order valence-electron chi connectivity index (χ0n) is 10.4. The van der Waals surface area contributed by atoms with Crippen molar-refractivity contribution in [3.8, 4) is 11.5 Å². The summed E-state index contributed by atoms with van der Waals surface area (Å²) in [6, 6.07) is 3.20. The Morgan fingerprint density at radius 2 is 1.88 bits per heavy atom. The molecule has 0 amide bonds. The Bertz CT molecular complexity index is 414. The number of carbonyl (C=O) groups is 1. The maximum absolute atomic E-state index is 11.3. The summed E-state index contributed by atoms with van der Waals surface area (Å²) >= 11 is 0. The molecule has 3 heteroatoms. The van der Waals surface area contributed by atoms with Gasteiger partial charge in [0.1, 0.15) is 11.5 Å². The van der Waals surface area contributed by atoms with E-state index in [9.17, 15) is 9.90 Å². The Labute approximate surface area is 96.1 Å². The van der Waals surface area contributed by atoms with E-state index in [1.54, 1.807) is 19.2 Å². The number of carbonyl (C=O) groups excluding carboxylic acids is 1. The van der Waals surface area contributed by atoms with E-state index in [0.717, 1.165) is 5.56 Å². The number of Topliss-reactive ketones (excluding diaryl/α,β-unsaturated/α-hetero) is 1. The number of methoxy groups -OCH3 is 1. The molecule has 0 aromatic heterocycles. The lowest BCUT2D eigenvalue weighted by atomic mass is 9.85. The van der Waals surface area contributed by atoms with Gasteiger partial charge in [0.25, 0.3) is 0 Å². The maximum Gasteiger partial charge on any atom is 0.163 e. The van der Waals surface area contributed by atoms with Gasteiger partial charge in [-0.15, -0.1) is 0 Å². The minimum atomic E-state index is -0.170. The van der Waals surface area contributed by atoms with E-state index in [-0.39, 0.29) is 16.9 Å². The molecule has 0 saturated heterocycles. The highest BCUT2D eigenvalue weighted by Gasteiger charge is 2.22. The van der Waals surface area contributed by atoms with Gasteiger partial charge in [-0.05, 0) is 24.5 Å². The molecule has 3 nitrogen and oxygen atoms in total. The van der Waals surface area contributed by atoms with E-state index in [1.807, 2.05) is 20.8 Å². The van der Waals surface area contributed by atoms with Gasteiger partial charge in [0.05, 0.1) is 12.7 Å². The zero-order valence-corrected chi connectivity index (χ0v) is 10.4. The Kier molecular flexibility index (Phi) is 3.27. The number of ketones is 1. The Hall–Kier alpha value is -1.51. The van der Waals surface area contributed by atoms with Gasteiger partial charge in [-0.3, -0.25) is 4.79 Å². The number of benzene rings is 1. The summed E-state index contributed by atoms with van der Waals surface area (Å²) in [4.78, 5) is 11.3. The summed E-state index contributed by atoms with van der Waals surface area (Å²) in [6.45, 7) is 7.50. The lowest BCUT2D eigenvalue weighted by Crippen LogP contribution is -2.13. The standard InChI is InChI=1S/C13H18O3/c1-8(14)9-6-12(16-5)10(7-11(9)15)13(2,3)4/h6-7,15H,1-5H3. The first-order valence-electron chi connectivity index (χ1n) is 5.19. The molecule has 0 aliphatic carbocycles. The summed E-state index contributed by atoms with van der Waals surface area (Å²) < 4.78 is 5.25. The second-order valence-electron chi connectivity index (χ2n) is 4.88. The van der Waals surface area contributed by atoms with E-state index in [0.29, 0.717) is 11.3 Å². The topological polar surface area (TPSA) is 46.5 Å². The summed E-state index contributed by atoms with van der Waals surface area (Å²) in [6.07, 6.45) is 0. The molecular formula is C13H18O3. The molecule has 1 rings (SSSR count). The first-order valence-corrected chi connectivity index (χ1v) is 5.19. The number of aromatic hydroxyl groups is 1. The summed E-state index contributed by atoms with van der Waals surface area (Å²) in [5.41, 5.74) is 1.04. The van der Waals surface area contributed by atoms with E-state index < -0.39 is 0 Å². The molecule has 0 heterocycles. The van der Waals surface area contributed by atoms with Crippen molar-refractivity contribution in [2.45, 2.75) is 33.1 Å². The van der Waals surface area contributed by atoms with Crippen molar-refractivity contribution in [2.75, 3.05) is 7.11 Å². The molecule has 1 N–H and O–H groups in total. The number of rotatable bonds is 2. The molecule has 88 valence electrons. The Morgan fingerprint density at radius 1 is 1.31 bits per heavy atom. The molecule has 1 aromatic carbocycles. The third-order valence-corrected chi connectivity index (χ3v) is 2.51. The summed E-state index contributed by atoms with van der Waals surface area (Å²) in [7, 11) is 1.56. The number of phenolic OH excluding ortho intramolecular Hbond substituents is 1. The molecule has 0 atom stereocenters. The van der Waals surface area contributed by atoms with Gasteiger partial charge in [0.2, 0.25) is 0 Å². The van der Waals surface area contributed by atoms with Crippen LogP contribution in [-0.4, -0.2) is 18.0 Å². The minimum Gasteiger partial charge on any atom is -0.507 e. The predicted octanol–water partition coefficient (Wildman–Crippen LogP) is 2.90. The first-order chi connectivity index (χ1) is 7.27. The third-order valence-electron chi connectivity index (χ3n) is 2.51. The van der Waals surface area contributed by atoms with E-state index in [2.05, 4.69) is 0 Å². The third kappa shape index (κ3) is 2.35. The first kappa shape index (κ1) is 12.6. The fraction of sp³-hybridized carbons (Fsp3) is 0.462. The lowest BCUT2D eigenvalue weighted by Gasteiger charge is -2.23. The second-order valence-corrected chi connectivity index (χ2v) is 4.88. The molecule has 16 heavy (non-hydrogen) atoms. The monoisotopic (exact) mass is 222 g/mol. The number of hydrogen-bond donors (Lipinski definition) is 1. The van der Waals surface area contributed by atoms with Gasteiger partial charge in [-0.1, -0.05) is 20.8 Å². The van der Waals surface area contributed by atoms with Crippen molar-refractivity contribution in [3.05, 3.63) is 23.3 Å². The molecule has 0 fully saturated rings. The summed E-state index contributed by atoms with van der Waals surface area (Å²) in [5, 5.41) is 9.77. The van der Waals surface area contributed by atoms with Crippen LogP contribution in [0.2, 0.25) is 0 Å². The number of ether oxygens (including phenoxy) is 1. The SMILES string of the molecule is COc1cc(C(C)=O)c(O)cc1C(C)(C)C. The average molecular weight is 222 g/mol. The van der Waals surface area contributed by atoms with E-state index in [1.165, 1.54) is 6.92 Å². The average Bonchev–Trinajstić information content (AvgIpc) is 2.15. The molecule has 0 saturated carbocycles. The maximum atomic E-state index is 11.3. The van der Waals surface area contributed by atoms with Crippen molar-refractivity contribution in [2.24, 2.45) is 0 Å². The fourth-order valence-corrected chi connectivity index (χ4v) is 1.61. The van der Waals surface area contributed by atoms with Gasteiger partial charge in [0, 0.05) is 5.56 Å². The molecule has 0 unspecified atom stereocenters. The summed E-state index contributed by atoms with van der Waals surface area (Å²) in [5.74, 6) is 0.477. The number of phenols is 1. The van der Waals surface area contributed by atoms with Gasteiger partial charge in [0.15, 0.2) is 5.78 Å². The van der Waals surface area contributed by atoms with Gasteiger partial charge in [-0.25, -0.2) is 0 Å². The van der Waals surface area contributed by atoms with Crippen molar-refractivity contribution in [1.29, 1.82) is 0 Å². The van der Waals surface area contributed by atoms with Crippen LogP contribution in [0.5, 0.6) is 11.5 Å². The van der Waals surface area contributed by atoms with Crippen molar-refractivity contribution in [3.63, 3.8) is 0 Å². The van der Waals surface area contributed by atoms with Gasteiger partial charge in [-0.2, -0.15) is 0 Å². The molecule has 0 spiro atoms. The van der Waals surface area contributed by atoms with Crippen LogP contribution in [0.15, 0.2) is 12.1 Å². The van der Waals surface area contributed by atoms with Crippen LogP contribution >= 0.6 is 0 Å². The molecule has 0 aliphatic heterocycles. The lowest BCUT2D eigenvalue weighted by molar-refractivity contribution is 0.101. The molecule has 0 radical (unpaired) electrons. The fourth-order valence-electron chi connectivity index (χ4n) is 1.61. The van der Waals surface area contributed by atoms with E-state index >= 15 is 0 Å². The minimum absolute atomic E-state index is 0.0122. The van der Waals surface area contributed by atoms with E-state index in [4.69, 9.17) is 4.74 Å². The number of hydrogen-bond acceptors (Lipinski definition) is 3. The predicted molar refractivity (Wildman–Crippen MR) is 63.4 cm³/mol. The highest BCUT2D eigenvalue weighted by atomic mass is 16.5. The largest absolute Gasteiger partial charge is 0.507 e. The van der Waals surface area contributed by atoms with Crippen molar-refractivity contribution >= 4 is 5.78 Å². The van der Waals surface area contributed by atoms with Crippen LogP contribution < -0.4 is 4.74 Å².